The van der Waals surface area contributed by atoms with Gasteiger partial charge in [0.25, 0.3) is 5.91 Å². The molecular weight excluding hydrogens is 492 g/mol. The number of carbonyl (C=O) groups is 1. The lowest BCUT2D eigenvalue weighted by Gasteiger charge is -2.12. The monoisotopic (exact) mass is 516 g/mol. The van der Waals surface area contributed by atoms with E-state index < -0.39 is 10.0 Å². The van der Waals surface area contributed by atoms with Crippen molar-refractivity contribution in [2.75, 3.05) is 11.9 Å². The van der Waals surface area contributed by atoms with Gasteiger partial charge in [-0.25, -0.2) is 13.1 Å². The van der Waals surface area contributed by atoms with Crippen molar-refractivity contribution in [2.45, 2.75) is 25.3 Å². The summed E-state index contributed by atoms with van der Waals surface area (Å²) in [5, 5.41) is 2.78. The van der Waals surface area contributed by atoms with Crippen molar-refractivity contribution < 1.29 is 17.9 Å². The van der Waals surface area contributed by atoms with Gasteiger partial charge in [0, 0.05) is 17.8 Å². The molecule has 0 aliphatic carbocycles. The second-order valence-electron chi connectivity index (χ2n) is 7.64. The topological polar surface area (TPSA) is 84.5 Å². The molecule has 2 N–H and O–H groups in total. The Morgan fingerprint density at radius 2 is 1.69 bits per heavy atom. The first-order valence-electron chi connectivity index (χ1n) is 10.1. The maximum absolute atomic E-state index is 12.6. The molecule has 168 valence electrons. The fraction of sp³-hybridized carbons (Fsp3) is 0.208. The van der Waals surface area contributed by atoms with Gasteiger partial charge < -0.3 is 10.1 Å². The number of benzene rings is 3. The van der Waals surface area contributed by atoms with Gasteiger partial charge >= 0.3 is 0 Å². The molecule has 0 aliphatic heterocycles. The molecule has 1 amide bonds. The third-order valence-electron chi connectivity index (χ3n) is 4.50. The van der Waals surface area contributed by atoms with Gasteiger partial charge in [-0.05, 0) is 69.9 Å². The van der Waals surface area contributed by atoms with Gasteiger partial charge in [-0.2, -0.15) is 0 Å². The zero-order chi connectivity index (χ0) is 23.1. The van der Waals surface area contributed by atoms with Crippen molar-refractivity contribution in [3.8, 4) is 5.75 Å². The van der Waals surface area contributed by atoms with E-state index in [1.807, 2.05) is 30.3 Å². The number of halogens is 1. The molecule has 0 bridgehead atoms. The molecule has 32 heavy (non-hydrogen) atoms. The predicted octanol–water partition coefficient (Wildman–Crippen LogP) is 5.21. The number of rotatable bonds is 9. The van der Waals surface area contributed by atoms with Crippen molar-refractivity contribution in [1.82, 2.24) is 4.72 Å². The normalized spacial score (nSPS) is 11.4. The van der Waals surface area contributed by atoms with Crippen molar-refractivity contribution in [1.29, 1.82) is 0 Å². The Balaban J connectivity index is 1.62. The van der Waals surface area contributed by atoms with Gasteiger partial charge in [-0.1, -0.05) is 44.2 Å². The first-order chi connectivity index (χ1) is 15.2. The Kier molecular flexibility index (Phi) is 8.06. The van der Waals surface area contributed by atoms with Crippen LogP contribution in [-0.4, -0.2) is 20.9 Å². The van der Waals surface area contributed by atoms with Crippen molar-refractivity contribution in [3.05, 3.63) is 88.4 Å². The molecule has 3 rings (SSSR count). The molecule has 0 atom stereocenters. The van der Waals surface area contributed by atoms with Crippen LogP contribution in [0.3, 0.4) is 0 Å². The van der Waals surface area contributed by atoms with Crippen molar-refractivity contribution >= 4 is 37.5 Å². The van der Waals surface area contributed by atoms with E-state index in [1.165, 1.54) is 12.1 Å². The smallest absolute Gasteiger partial charge is 0.255 e. The summed E-state index contributed by atoms with van der Waals surface area (Å²) < 4.78 is 34.0. The van der Waals surface area contributed by atoms with Gasteiger partial charge in [0.2, 0.25) is 10.0 Å². The Hall–Kier alpha value is -2.68. The summed E-state index contributed by atoms with van der Waals surface area (Å²) in [5.74, 6) is 0.761. The van der Waals surface area contributed by atoms with Crippen LogP contribution in [0.5, 0.6) is 5.75 Å². The van der Waals surface area contributed by atoms with Gasteiger partial charge in [-0.3, -0.25) is 4.79 Å². The zero-order valence-electron chi connectivity index (χ0n) is 17.8. The van der Waals surface area contributed by atoms with Gasteiger partial charge in [0.1, 0.15) is 5.75 Å². The summed E-state index contributed by atoms with van der Waals surface area (Å²) in [5.41, 5.74) is 1.81. The third kappa shape index (κ3) is 6.66. The third-order valence-corrected chi connectivity index (χ3v) is 6.53. The Labute approximate surface area is 197 Å². The minimum atomic E-state index is -3.66. The van der Waals surface area contributed by atoms with Crippen LogP contribution >= 0.6 is 15.9 Å². The second-order valence-corrected chi connectivity index (χ2v) is 10.3. The fourth-order valence-electron chi connectivity index (χ4n) is 2.79. The number of sulfonamides is 1. The number of anilines is 1. The summed E-state index contributed by atoms with van der Waals surface area (Å²) in [4.78, 5) is 12.7. The van der Waals surface area contributed by atoms with E-state index in [9.17, 15) is 13.2 Å². The first kappa shape index (κ1) is 24.0. The highest BCUT2D eigenvalue weighted by Crippen LogP contribution is 2.27. The largest absolute Gasteiger partial charge is 0.492 e. The molecule has 3 aromatic rings. The van der Waals surface area contributed by atoms with E-state index >= 15 is 0 Å². The molecular formula is C24H25BrN2O4S. The Morgan fingerprint density at radius 1 is 1.00 bits per heavy atom. The summed E-state index contributed by atoms with van der Waals surface area (Å²) in [6.45, 7) is 4.91. The van der Waals surface area contributed by atoms with Crippen LogP contribution < -0.4 is 14.8 Å². The Morgan fingerprint density at radius 3 is 2.31 bits per heavy atom. The summed E-state index contributed by atoms with van der Waals surface area (Å²) >= 11 is 3.44. The minimum Gasteiger partial charge on any atom is -0.492 e. The maximum atomic E-state index is 12.6. The lowest BCUT2D eigenvalue weighted by atomic mass is 10.2. The van der Waals surface area contributed by atoms with Crippen LogP contribution in [0.25, 0.3) is 0 Å². The van der Waals surface area contributed by atoms with Crippen LogP contribution in [0.1, 0.15) is 29.8 Å². The van der Waals surface area contributed by atoms with Gasteiger partial charge in [-0.15, -0.1) is 0 Å². The molecule has 0 aromatic heterocycles. The summed E-state index contributed by atoms with van der Waals surface area (Å²) in [6, 6.07) is 20.4. The molecule has 0 heterocycles. The predicted molar refractivity (Wildman–Crippen MR) is 129 cm³/mol. The highest BCUT2D eigenvalue weighted by atomic mass is 79.9. The molecule has 0 spiro atoms. The number of hydrogen-bond acceptors (Lipinski definition) is 4. The standard InChI is InChI=1S/C24H25BrN2O4S/c1-17(2)16-31-23-13-8-19(14-22(23)25)24(28)27-20-9-11-21(12-10-20)32(29,30)26-15-18-6-4-3-5-7-18/h3-14,17,26H,15-16H2,1-2H3,(H,27,28). The van der Waals surface area contributed by atoms with E-state index in [2.05, 4.69) is 39.8 Å². The number of amides is 1. The maximum Gasteiger partial charge on any atom is 0.255 e. The second kappa shape index (κ2) is 10.8. The Bertz CT molecular complexity index is 1160. The lowest BCUT2D eigenvalue weighted by Crippen LogP contribution is -2.23. The molecule has 0 saturated carbocycles. The molecule has 3 aromatic carbocycles. The van der Waals surface area contributed by atoms with Crippen LogP contribution in [0, 0.1) is 5.92 Å². The lowest BCUT2D eigenvalue weighted by molar-refractivity contribution is 0.102. The summed E-state index contributed by atoms with van der Waals surface area (Å²) in [6.07, 6.45) is 0. The molecule has 0 aliphatic rings. The van der Waals surface area contributed by atoms with Crippen LogP contribution in [-0.2, 0) is 16.6 Å². The average molecular weight is 517 g/mol. The number of carbonyl (C=O) groups excluding carboxylic acids is 1. The molecule has 8 heteroatoms. The van der Waals surface area contributed by atoms with E-state index in [-0.39, 0.29) is 17.3 Å². The number of nitrogens with one attached hydrogen (secondary N) is 2. The fourth-order valence-corrected chi connectivity index (χ4v) is 4.30. The highest BCUT2D eigenvalue weighted by molar-refractivity contribution is 9.10. The summed E-state index contributed by atoms with van der Waals surface area (Å²) in [7, 11) is -3.66. The minimum absolute atomic E-state index is 0.126. The molecule has 0 radical (unpaired) electrons. The average Bonchev–Trinajstić information content (AvgIpc) is 2.78. The van der Waals surface area contributed by atoms with Crippen LogP contribution in [0.15, 0.2) is 82.2 Å². The van der Waals surface area contributed by atoms with Gasteiger partial charge in [0.15, 0.2) is 0 Å². The molecule has 0 unspecified atom stereocenters. The van der Waals surface area contributed by atoms with Crippen molar-refractivity contribution in [2.24, 2.45) is 5.92 Å². The highest BCUT2D eigenvalue weighted by Gasteiger charge is 2.15. The van der Waals surface area contributed by atoms with Crippen LogP contribution in [0.2, 0.25) is 0 Å². The molecule has 6 nitrogen and oxygen atoms in total. The molecule has 0 fully saturated rings. The van der Waals surface area contributed by atoms with Crippen molar-refractivity contribution in [3.63, 3.8) is 0 Å². The molecule has 0 saturated heterocycles. The quantitative estimate of drug-likeness (QED) is 0.408. The number of ether oxygens (including phenoxy) is 1. The van der Waals surface area contributed by atoms with Crippen LogP contribution in [0.4, 0.5) is 5.69 Å². The van der Waals surface area contributed by atoms with E-state index in [4.69, 9.17) is 4.74 Å². The van der Waals surface area contributed by atoms with E-state index in [0.29, 0.717) is 34.0 Å². The van der Waals surface area contributed by atoms with Gasteiger partial charge in [0.05, 0.1) is 16.0 Å². The zero-order valence-corrected chi connectivity index (χ0v) is 20.2. The number of hydrogen-bond donors (Lipinski definition) is 2. The van der Waals surface area contributed by atoms with E-state index in [0.717, 1.165) is 5.56 Å². The SMILES string of the molecule is CC(C)COc1ccc(C(=O)Nc2ccc(S(=O)(=O)NCc3ccccc3)cc2)cc1Br. The first-order valence-corrected chi connectivity index (χ1v) is 12.4. The van der Waals surface area contributed by atoms with E-state index in [1.54, 1.807) is 30.3 Å².